The number of aryl methyl sites for hydroxylation is 1. The summed E-state index contributed by atoms with van der Waals surface area (Å²) >= 11 is 13.2. The Morgan fingerprint density at radius 1 is 1.29 bits per heavy atom. The molecule has 0 saturated heterocycles. The number of alkyl halides is 1. The van der Waals surface area contributed by atoms with E-state index < -0.39 is 11.0 Å². The molecule has 1 aromatic carbocycles. The Kier molecular flexibility index (Phi) is 4.33. The van der Waals surface area contributed by atoms with Gasteiger partial charge in [-0.25, -0.2) is 4.79 Å². The van der Waals surface area contributed by atoms with Gasteiger partial charge in [0.15, 0.2) is 0 Å². The van der Waals surface area contributed by atoms with Crippen molar-refractivity contribution in [2.45, 2.75) is 25.3 Å². The molecule has 2 aromatic rings. The molecule has 0 spiro atoms. The molecule has 0 radical (unpaired) electrons. The van der Waals surface area contributed by atoms with E-state index >= 15 is 0 Å². The Balaban J connectivity index is 2.20. The first-order chi connectivity index (χ1) is 11.3. The topological polar surface area (TPSA) is 42.2 Å². The van der Waals surface area contributed by atoms with E-state index in [1.807, 2.05) is 54.0 Å². The van der Waals surface area contributed by atoms with Crippen molar-refractivity contribution in [1.29, 1.82) is 0 Å². The second-order valence-electron chi connectivity index (χ2n) is 5.91. The lowest BCUT2D eigenvalue weighted by atomic mass is 9.91. The van der Waals surface area contributed by atoms with E-state index in [2.05, 4.69) is 0 Å². The largest absolute Gasteiger partial charge is 0.478 e. The van der Waals surface area contributed by atoms with Crippen LogP contribution in [-0.4, -0.2) is 15.6 Å². The van der Waals surface area contributed by atoms with Crippen LogP contribution in [0.3, 0.4) is 0 Å². The van der Waals surface area contributed by atoms with E-state index in [1.54, 1.807) is 13.0 Å². The zero-order valence-corrected chi connectivity index (χ0v) is 14.9. The third kappa shape index (κ3) is 2.68. The van der Waals surface area contributed by atoms with Crippen molar-refractivity contribution in [3.8, 4) is 0 Å². The van der Waals surface area contributed by atoms with Gasteiger partial charge in [-0.15, -0.1) is 0 Å². The lowest BCUT2D eigenvalue weighted by molar-refractivity contribution is 0.0696. The summed E-state index contributed by atoms with van der Waals surface area (Å²) in [7, 11) is 0. The number of halogens is 2. The van der Waals surface area contributed by atoms with E-state index in [4.69, 9.17) is 23.2 Å². The van der Waals surface area contributed by atoms with Crippen molar-refractivity contribution in [1.82, 2.24) is 4.57 Å². The van der Waals surface area contributed by atoms with E-state index in [0.717, 1.165) is 16.8 Å². The Morgan fingerprint density at radius 2 is 2.04 bits per heavy atom. The van der Waals surface area contributed by atoms with E-state index in [-0.39, 0.29) is 5.56 Å². The highest BCUT2D eigenvalue weighted by Crippen LogP contribution is 2.45. The molecule has 5 heteroatoms. The molecule has 0 saturated carbocycles. The third-order valence-electron chi connectivity index (χ3n) is 4.35. The zero-order chi connectivity index (χ0) is 17.5. The molecule has 1 atom stereocenters. The molecule has 1 aliphatic carbocycles. The Labute approximate surface area is 150 Å². The number of benzene rings is 1. The fourth-order valence-corrected chi connectivity index (χ4v) is 4.05. The van der Waals surface area contributed by atoms with Gasteiger partial charge in [-0.05, 0) is 37.6 Å². The summed E-state index contributed by atoms with van der Waals surface area (Å²) in [4.78, 5) is 10.6. The van der Waals surface area contributed by atoms with Gasteiger partial charge in [0.05, 0.1) is 5.56 Å². The lowest BCUT2D eigenvalue weighted by Crippen LogP contribution is -2.31. The molecule has 1 unspecified atom stereocenters. The average Bonchev–Trinajstić information content (AvgIpc) is 2.83. The van der Waals surface area contributed by atoms with Gasteiger partial charge >= 0.3 is 5.97 Å². The number of allylic oxidation sites excluding steroid dienone is 4. The number of aromatic carboxylic acids is 1. The number of carbonyl (C=O) groups is 1. The first kappa shape index (κ1) is 16.9. The van der Waals surface area contributed by atoms with Gasteiger partial charge in [0.2, 0.25) is 0 Å². The molecule has 1 aromatic heterocycles. The van der Waals surface area contributed by atoms with Crippen LogP contribution in [-0.2, 0) is 5.00 Å². The number of rotatable bonds is 3. The minimum atomic E-state index is -0.950. The lowest BCUT2D eigenvalue weighted by Gasteiger charge is -2.35. The Bertz CT molecular complexity index is 879. The smallest absolute Gasteiger partial charge is 0.337 e. The minimum Gasteiger partial charge on any atom is -0.478 e. The van der Waals surface area contributed by atoms with Gasteiger partial charge in [-0.3, -0.25) is 0 Å². The maximum atomic E-state index is 11.5. The number of aromatic nitrogens is 1. The van der Waals surface area contributed by atoms with Crippen molar-refractivity contribution in [3.05, 3.63) is 76.1 Å². The van der Waals surface area contributed by atoms with Gasteiger partial charge in [-0.1, -0.05) is 53.6 Å². The maximum Gasteiger partial charge on any atom is 0.337 e. The van der Waals surface area contributed by atoms with Crippen LogP contribution >= 0.6 is 23.2 Å². The highest BCUT2D eigenvalue weighted by molar-refractivity contribution is 6.31. The molecule has 0 amide bonds. The van der Waals surface area contributed by atoms with Crippen molar-refractivity contribution in [2.75, 3.05) is 0 Å². The van der Waals surface area contributed by atoms with Crippen LogP contribution in [0.2, 0.25) is 5.02 Å². The summed E-state index contributed by atoms with van der Waals surface area (Å²) in [6.45, 7) is 3.66. The van der Waals surface area contributed by atoms with E-state index in [9.17, 15) is 9.90 Å². The summed E-state index contributed by atoms with van der Waals surface area (Å²) in [5, 5.41) is 10.0. The fourth-order valence-electron chi connectivity index (χ4n) is 3.34. The first-order valence-corrected chi connectivity index (χ1v) is 8.35. The Hall–Kier alpha value is -1.97. The van der Waals surface area contributed by atoms with Crippen molar-refractivity contribution >= 4 is 34.7 Å². The Morgan fingerprint density at radius 3 is 2.67 bits per heavy atom. The van der Waals surface area contributed by atoms with Gasteiger partial charge in [0.1, 0.15) is 5.00 Å². The summed E-state index contributed by atoms with van der Waals surface area (Å²) in [5.41, 5.74) is 3.54. The van der Waals surface area contributed by atoms with Crippen LogP contribution in [0.5, 0.6) is 0 Å². The standard InChI is InChI=1S/C19H17Cl2NO2/c1-12-10-16(18(23)24)13(2)22(12)19(21)9-4-3-8-17(19)14-6-5-7-15(20)11-14/h3-8,10-11H,9H2,1-2H3,(H,23,24). The molecule has 24 heavy (non-hydrogen) atoms. The zero-order valence-electron chi connectivity index (χ0n) is 13.4. The number of carboxylic acids is 1. The van der Waals surface area contributed by atoms with Crippen LogP contribution in [0, 0.1) is 13.8 Å². The minimum absolute atomic E-state index is 0.271. The van der Waals surface area contributed by atoms with E-state index in [1.165, 1.54) is 0 Å². The van der Waals surface area contributed by atoms with E-state index in [0.29, 0.717) is 17.1 Å². The molecule has 1 aliphatic rings. The molecule has 1 N–H and O–H groups in total. The quantitative estimate of drug-likeness (QED) is 0.744. The highest BCUT2D eigenvalue weighted by Gasteiger charge is 2.38. The molecule has 0 bridgehead atoms. The molecule has 0 aliphatic heterocycles. The van der Waals surface area contributed by atoms with Gasteiger partial charge in [-0.2, -0.15) is 0 Å². The highest BCUT2D eigenvalue weighted by atomic mass is 35.5. The summed E-state index contributed by atoms with van der Waals surface area (Å²) < 4.78 is 1.90. The number of hydrogen-bond acceptors (Lipinski definition) is 1. The van der Waals surface area contributed by atoms with Gasteiger partial charge in [0, 0.05) is 28.4 Å². The first-order valence-electron chi connectivity index (χ1n) is 7.59. The molecule has 3 nitrogen and oxygen atoms in total. The maximum absolute atomic E-state index is 11.5. The summed E-state index contributed by atoms with van der Waals surface area (Å²) in [5.74, 6) is -0.950. The fraction of sp³-hybridized carbons (Fsp3) is 0.211. The normalized spacial score (nSPS) is 20.1. The second-order valence-corrected chi connectivity index (χ2v) is 6.97. The number of carboxylic acid groups (broad SMARTS) is 1. The molecule has 3 rings (SSSR count). The molecule has 1 heterocycles. The van der Waals surface area contributed by atoms with Crippen LogP contribution in [0.1, 0.15) is 33.7 Å². The third-order valence-corrected chi connectivity index (χ3v) is 5.11. The van der Waals surface area contributed by atoms with Gasteiger partial charge in [0.25, 0.3) is 0 Å². The van der Waals surface area contributed by atoms with Crippen molar-refractivity contribution in [3.63, 3.8) is 0 Å². The second kappa shape index (κ2) is 6.15. The SMILES string of the molecule is Cc1cc(C(=O)O)c(C)n1C1(Cl)CC=CC=C1c1cccc(Cl)c1. The molecular weight excluding hydrogens is 345 g/mol. The van der Waals surface area contributed by atoms with Crippen LogP contribution in [0.25, 0.3) is 5.57 Å². The monoisotopic (exact) mass is 361 g/mol. The molecule has 0 fully saturated rings. The van der Waals surface area contributed by atoms with Gasteiger partial charge < -0.3 is 9.67 Å². The number of hydrogen-bond donors (Lipinski definition) is 1. The summed E-state index contributed by atoms with van der Waals surface area (Å²) in [6.07, 6.45) is 6.47. The summed E-state index contributed by atoms with van der Waals surface area (Å²) in [6, 6.07) is 9.19. The van der Waals surface area contributed by atoms with Crippen LogP contribution < -0.4 is 0 Å². The van der Waals surface area contributed by atoms with Crippen molar-refractivity contribution in [2.24, 2.45) is 0 Å². The van der Waals surface area contributed by atoms with Crippen LogP contribution in [0.4, 0.5) is 0 Å². The number of nitrogens with zero attached hydrogens (tertiary/aromatic N) is 1. The predicted molar refractivity (Wildman–Crippen MR) is 97.9 cm³/mol. The van der Waals surface area contributed by atoms with Crippen LogP contribution in [0.15, 0.2) is 48.6 Å². The van der Waals surface area contributed by atoms with Crippen molar-refractivity contribution < 1.29 is 9.90 Å². The molecule has 124 valence electrons. The average molecular weight is 362 g/mol. The molecular formula is C19H17Cl2NO2. The predicted octanol–water partition coefficient (Wildman–Crippen LogP) is 5.39.